The van der Waals surface area contributed by atoms with E-state index < -0.39 is 0 Å². The lowest BCUT2D eigenvalue weighted by atomic mass is 10.2. The summed E-state index contributed by atoms with van der Waals surface area (Å²) in [5.74, 6) is -0.409. The van der Waals surface area contributed by atoms with Gasteiger partial charge in [-0.2, -0.15) is 5.10 Å². The van der Waals surface area contributed by atoms with Crippen molar-refractivity contribution in [2.45, 2.75) is 18.9 Å². The van der Waals surface area contributed by atoms with Crippen molar-refractivity contribution in [3.05, 3.63) is 46.7 Å². The first-order valence-electron chi connectivity index (χ1n) is 7.00. The molecule has 0 unspecified atom stereocenters. The summed E-state index contributed by atoms with van der Waals surface area (Å²) in [4.78, 5) is 23.5. The number of carbonyl (C=O) groups excluding carboxylic acids is 2. The van der Waals surface area contributed by atoms with E-state index in [-0.39, 0.29) is 18.4 Å². The molecule has 1 aliphatic rings. The van der Waals surface area contributed by atoms with Gasteiger partial charge in [0.25, 0.3) is 5.91 Å². The highest BCUT2D eigenvalue weighted by Crippen LogP contribution is 2.18. The zero-order chi connectivity index (χ0) is 15.5. The molecule has 2 N–H and O–H groups in total. The van der Waals surface area contributed by atoms with Gasteiger partial charge in [-0.25, -0.2) is 4.68 Å². The van der Waals surface area contributed by atoms with Gasteiger partial charge in [-0.05, 0) is 53.0 Å². The lowest BCUT2D eigenvalue weighted by molar-refractivity contribution is -0.120. The predicted molar refractivity (Wildman–Crippen MR) is 84.8 cm³/mol. The van der Waals surface area contributed by atoms with E-state index in [1.165, 1.54) is 0 Å². The fourth-order valence-electron chi connectivity index (χ4n) is 1.98. The van der Waals surface area contributed by atoms with Crippen LogP contribution in [0.25, 0.3) is 5.69 Å². The number of nitrogens with zero attached hydrogens (tertiary/aromatic N) is 2. The molecule has 1 aromatic carbocycles. The zero-order valence-corrected chi connectivity index (χ0v) is 13.3. The minimum absolute atomic E-state index is 0.00316. The molecule has 1 aromatic heterocycles. The Morgan fingerprint density at radius 3 is 2.59 bits per heavy atom. The van der Waals surface area contributed by atoms with Gasteiger partial charge in [0.1, 0.15) is 0 Å². The second-order valence-electron chi connectivity index (χ2n) is 5.17. The monoisotopic (exact) mass is 362 g/mol. The summed E-state index contributed by atoms with van der Waals surface area (Å²) in [5, 5.41) is 9.61. The van der Waals surface area contributed by atoms with E-state index in [4.69, 9.17) is 0 Å². The Morgan fingerprint density at radius 1 is 1.27 bits per heavy atom. The lowest BCUT2D eigenvalue weighted by Gasteiger charge is -2.07. The molecule has 22 heavy (non-hydrogen) atoms. The van der Waals surface area contributed by atoms with Gasteiger partial charge in [-0.3, -0.25) is 9.59 Å². The van der Waals surface area contributed by atoms with Crippen molar-refractivity contribution in [2.24, 2.45) is 0 Å². The van der Waals surface area contributed by atoms with Crippen molar-refractivity contribution in [2.75, 3.05) is 6.54 Å². The molecule has 114 valence electrons. The first-order valence-corrected chi connectivity index (χ1v) is 7.79. The van der Waals surface area contributed by atoms with E-state index in [1.807, 2.05) is 6.20 Å². The highest BCUT2D eigenvalue weighted by Gasteiger charge is 2.23. The van der Waals surface area contributed by atoms with Crippen LogP contribution in [0, 0.1) is 0 Å². The summed E-state index contributed by atoms with van der Waals surface area (Å²) in [6, 6.07) is 7.33. The first-order chi connectivity index (χ1) is 10.6. The normalized spacial score (nSPS) is 13.7. The van der Waals surface area contributed by atoms with Crippen LogP contribution in [0.1, 0.15) is 23.2 Å². The van der Waals surface area contributed by atoms with Gasteiger partial charge < -0.3 is 10.6 Å². The molecule has 1 saturated carbocycles. The molecule has 2 aromatic rings. The highest BCUT2D eigenvalue weighted by atomic mass is 79.9. The molecule has 1 aliphatic carbocycles. The summed E-state index contributed by atoms with van der Waals surface area (Å²) >= 11 is 3.34. The number of benzene rings is 1. The van der Waals surface area contributed by atoms with Gasteiger partial charge in [-0.15, -0.1) is 0 Å². The molecule has 0 atom stereocenters. The Morgan fingerprint density at radius 2 is 2.00 bits per heavy atom. The quantitative estimate of drug-likeness (QED) is 0.848. The highest BCUT2D eigenvalue weighted by molar-refractivity contribution is 9.10. The van der Waals surface area contributed by atoms with Crippen molar-refractivity contribution in [1.82, 2.24) is 20.4 Å². The number of hydrogen-bond donors (Lipinski definition) is 2. The van der Waals surface area contributed by atoms with Crippen molar-refractivity contribution in [3.63, 3.8) is 0 Å². The van der Waals surface area contributed by atoms with Gasteiger partial charge in [-0.1, -0.05) is 0 Å². The van der Waals surface area contributed by atoms with Crippen molar-refractivity contribution < 1.29 is 9.59 Å². The maximum atomic E-state index is 12.0. The number of nitrogens with one attached hydrogen (secondary N) is 2. The van der Waals surface area contributed by atoms with Crippen LogP contribution >= 0.6 is 15.9 Å². The molecule has 7 heteroatoms. The number of aromatic nitrogens is 2. The Labute approximate surface area is 136 Å². The van der Waals surface area contributed by atoms with Gasteiger partial charge in [0.2, 0.25) is 5.91 Å². The van der Waals surface area contributed by atoms with E-state index in [0.717, 1.165) is 23.0 Å². The number of hydrogen-bond acceptors (Lipinski definition) is 3. The van der Waals surface area contributed by atoms with E-state index in [2.05, 4.69) is 31.7 Å². The summed E-state index contributed by atoms with van der Waals surface area (Å²) < 4.78 is 2.59. The van der Waals surface area contributed by atoms with Crippen LogP contribution in [0.4, 0.5) is 0 Å². The fourth-order valence-corrected chi connectivity index (χ4v) is 2.26. The molecule has 0 radical (unpaired) electrons. The van der Waals surface area contributed by atoms with Gasteiger partial charge in [0, 0.05) is 17.8 Å². The van der Waals surface area contributed by atoms with Crippen LogP contribution in [-0.2, 0) is 4.79 Å². The van der Waals surface area contributed by atoms with Crippen LogP contribution < -0.4 is 10.6 Å². The second kappa shape index (κ2) is 6.31. The Balaban J connectivity index is 1.57. The molecular weight excluding hydrogens is 348 g/mol. The number of amides is 2. The second-order valence-corrected chi connectivity index (χ2v) is 6.09. The molecule has 0 spiro atoms. The van der Waals surface area contributed by atoms with E-state index >= 15 is 0 Å². The Hall–Kier alpha value is -2.15. The van der Waals surface area contributed by atoms with Gasteiger partial charge in [0.15, 0.2) is 0 Å². The number of carbonyl (C=O) groups is 2. The van der Waals surface area contributed by atoms with Crippen LogP contribution in [0.2, 0.25) is 0 Å². The third kappa shape index (κ3) is 3.73. The standard InChI is InChI=1S/C15H15BrN4O2/c16-11-7-18-20(9-11)13-5-1-10(2-6-13)15(22)17-8-14(21)19-12-3-4-12/h1-2,5-7,9,12H,3-4,8H2,(H,17,22)(H,19,21). The largest absolute Gasteiger partial charge is 0.352 e. The maximum Gasteiger partial charge on any atom is 0.251 e. The molecule has 0 aliphatic heterocycles. The molecule has 2 amide bonds. The minimum atomic E-state index is -0.265. The van der Waals surface area contributed by atoms with Crippen LogP contribution in [0.15, 0.2) is 41.1 Å². The Kier molecular flexibility index (Phi) is 4.24. The molecule has 3 rings (SSSR count). The summed E-state index contributed by atoms with van der Waals surface area (Å²) in [6.45, 7) is 0.00316. The van der Waals surface area contributed by atoms with Crippen LogP contribution in [-0.4, -0.2) is 34.2 Å². The molecule has 1 heterocycles. The Bertz CT molecular complexity index is 692. The van der Waals surface area contributed by atoms with Crippen molar-refractivity contribution in [1.29, 1.82) is 0 Å². The first kappa shape index (κ1) is 14.8. The smallest absolute Gasteiger partial charge is 0.251 e. The zero-order valence-electron chi connectivity index (χ0n) is 11.8. The number of rotatable bonds is 5. The predicted octanol–water partition coefficient (Wildman–Crippen LogP) is 1.64. The maximum absolute atomic E-state index is 12.0. The van der Waals surface area contributed by atoms with Crippen LogP contribution in [0.3, 0.4) is 0 Å². The molecule has 1 fully saturated rings. The molecule has 6 nitrogen and oxygen atoms in total. The third-order valence-electron chi connectivity index (χ3n) is 3.30. The molecule has 0 saturated heterocycles. The minimum Gasteiger partial charge on any atom is -0.352 e. The SMILES string of the molecule is O=C(CNC(=O)c1ccc(-n2cc(Br)cn2)cc1)NC1CC1. The fraction of sp³-hybridized carbons (Fsp3) is 0.267. The van der Waals surface area contributed by atoms with Crippen LogP contribution in [0.5, 0.6) is 0 Å². The van der Waals surface area contributed by atoms with E-state index in [1.54, 1.807) is 35.1 Å². The van der Waals surface area contributed by atoms with Crippen molar-refractivity contribution >= 4 is 27.7 Å². The van der Waals surface area contributed by atoms with Crippen molar-refractivity contribution in [3.8, 4) is 5.69 Å². The molecule has 0 bridgehead atoms. The average molecular weight is 363 g/mol. The van der Waals surface area contributed by atoms with E-state index in [9.17, 15) is 9.59 Å². The van der Waals surface area contributed by atoms with Gasteiger partial charge >= 0.3 is 0 Å². The topological polar surface area (TPSA) is 76.0 Å². The lowest BCUT2D eigenvalue weighted by Crippen LogP contribution is -2.37. The summed E-state index contributed by atoms with van der Waals surface area (Å²) in [7, 11) is 0. The summed E-state index contributed by atoms with van der Waals surface area (Å²) in [5.41, 5.74) is 1.36. The number of halogens is 1. The summed E-state index contributed by atoms with van der Waals surface area (Å²) in [6.07, 6.45) is 5.59. The third-order valence-corrected chi connectivity index (χ3v) is 3.71. The van der Waals surface area contributed by atoms with Gasteiger partial charge in [0.05, 0.1) is 22.9 Å². The molecular formula is C15H15BrN4O2. The average Bonchev–Trinajstić information content (AvgIpc) is 3.23. The van der Waals surface area contributed by atoms with E-state index in [0.29, 0.717) is 11.6 Å².